The first-order valence-electron chi connectivity index (χ1n) is 10.5. The lowest BCUT2D eigenvalue weighted by atomic mass is 10.2. The fourth-order valence-corrected chi connectivity index (χ4v) is 3.63. The third-order valence-corrected chi connectivity index (χ3v) is 5.99. The van der Waals surface area contributed by atoms with E-state index < -0.39 is 10.5 Å². The summed E-state index contributed by atoms with van der Waals surface area (Å²) < 4.78 is 0. The minimum atomic E-state index is -0.457. The van der Waals surface area contributed by atoms with Gasteiger partial charge in [0.2, 0.25) is 0 Å². The van der Waals surface area contributed by atoms with Gasteiger partial charge in [-0.15, -0.1) is 11.8 Å². The molecule has 0 heterocycles. The number of nitrogens with zero attached hydrogens (tertiary/aromatic N) is 4. The Kier molecular flexibility index (Phi) is 9.93. The van der Waals surface area contributed by atoms with Crippen molar-refractivity contribution in [2.45, 2.75) is 24.3 Å². The van der Waals surface area contributed by atoms with E-state index in [1.807, 2.05) is 86.5 Å². The van der Waals surface area contributed by atoms with E-state index >= 15 is 0 Å². The van der Waals surface area contributed by atoms with Crippen molar-refractivity contribution in [3.05, 3.63) is 59.7 Å². The Balaban J connectivity index is 1.77. The van der Waals surface area contributed by atoms with Gasteiger partial charge < -0.3 is 9.80 Å². The second kappa shape index (κ2) is 12.6. The quantitative estimate of drug-likeness (QED) is 0.413. The van der Waals surface area contributed by atoms with E-state index in [1.165, 1.54) is 11.8 Å². The smallest absolute Gasteiger partial charge is 0.252 e. The van der Waals surface area contributed by atoms with Crippen LogP contribution in [-0.4, -0.2) is 62.9 Å². The predicted octanol–water partition coefficient (Wildman–Crippen LogP) is 2.93. The fraction of sp³-hybridized carbons (Fsp3) is 0.333. The fourth-order valence-electron chi connectivity index (χ4n) is 2.67. The molecule has 2 atom stereocenters. The number of carbonyl (C=O) groups excluding carboxylic acids is 2. The summed E-state index contributed by atoms with van der Waals surface area (Å²) >= 11 is 1.24. The van der Waals surface area contributed by atoms with Gasteiger partial charge in [-0.25, -0.2) is 10.9 Å². The molecule has 0 aliphatic carbocycles. The molecule has 8 nitrogen and oxygen atoms in total. The van der Waals surface area contributed by atoms with Crippen LogP contribution in [0.4, 0.5) is 11.4 Å². The molecule has 33 heavy (non-hydrogen) atoms. The molecular weight excluding hydrogens is 436 g/mol. The van der Waals surface area contributed by atoms with Crippen LogP contribution in [0, 0.1) is 0 Å². The topological polar surface area (TPSA) is 89.4 Å². The van der Waals surface area contributed by atoms with Gasteiger partial charge in [-0.3, -0.25) is 9.59 Å². The molecule has 0 saturated carbocycles. The number of hydrogen-bond acceptors (Lipinski definition) is 7. The zero-order chi connectivity index (χ0) is 24.4. The number of benzene rings is 2. The second-order valence-electron chi connectivity index (χ2n) is 7.86. The van der Waals surface area contributed by atoms with Crippen molar-refractivity contribution in [1.82, 2.24) is 10.9 Å². The number of amides is 2. The van der Waals surface area contributed by atoms with Crippen molar-refractivity contribution in [3.63, 3.8) is 0 Å². The lowest BCUT2D eigenvalue weighted by Gasteiger charge is -2.14. The van der Waals surface area contributed by atoms with Crippen molar-refractivity contribution in [3.8, 4) is 0 Å². The van der Waals surface area contributed by atoms with Crippen LogP contribution >= 0.6 is 11.8 Å². The Morgan fingerprint density at radius 1 is 0.727 bits per heavy atom. The van der Waals surface area contributed by atoms with Crippen LogP contribution in [0.3, 0.4) is 0 Å². The van der Waals surface area contributed by atoms with E-state index in [-0.39, 0.29) is 11.8 Å². The lowest BCUT2D eigenvalue weighted by Crippen LogP contribution is -2.33. The molecule has 0 aliphatic rings. The van der Waals surface area contributed by atoms with Crippen molar-refractivity contribution >= 4 is 47.4 Å². The summed E-state index contributed by atoms with van der Waals surface area (Å²) in [5.74, 6) is -0.546. The maximum Gasteiger partial charge on any atom is 0.252 e. The van der Waals surface area contributed by atoms with Crippen molar-refractivity contribution in [2.75, 3.05) is 38.0 Å². The summed E-state index contributed by atoms with van der Waals surface area (Å²) in [5.41, 5.74) is 8.97. The molecule has 2 amide bonds. The van der Waals surface area contributed by atoms with Gasteiger partial charge in [0.25, 0.3) is 11.8 Å². The van der Waals surface area contributed by atoms with Gasteiger partial charge in [-0.2, -0.15) is 10.2 Å². The molecule has 0 radical (unpaired) electrons. The van der Waals surface area contributed by atoms with Gasteiger partial charge in [0.1, 0.15) is 0 Å². The molecule has 176 valence electrons. The van der Waals surface area contributed by atoms with Gasteiger partial charge >= 0.3 is 0 Å². The molecule has 0 saturated heterocycles. The zero-order valence-electron chi connectivity index (χ0n) is 19.9. The predicted molar refractivity (Wildman–Crippen MR) is 140 cm³/mol. The molecule has 0 spiro atoms. The summed E-state index contributed by atoms with van der Waals surface area (Å²) in [5, 5.41) is 7.11. The molecular formula is C24H32N6O2S. The van der Waals surface area contributed by atoms with Crippen LogP contribution in [0.15, 0.2) is 58.7 Å². The van der Waals surface area contributed by atoms with Gasteiger partial charge in [-0.1, -0.05) is 24.3 Å². The molecule has 2 unspecified atom stereocenters. The number of carbonyl (C=O) groups is 2. The highest BCUT2D eigenvalue weighted by molar-refractivity contribution is 8.01. The van der Waals surface area contributed by atoms with Crippen LogP contribution in [0.5, 0.6) is 0 Å². The van der Waals surface area contributed by atoms with Crippen LogP contribution in [0.1, 0.15) is 25.0 Å². The Hall–Kier alpha value is -3.33. The first-order valence-corrected chi connectivity index (χ1v) is 11.5. The Morgan fingerprint density at radius 3 is 1.36 bits per heavy atom. The minimum Gasteiger partial charge on any atom is -0.378 e. The first kappa shape index (κ1) is 25.9. The number of thioether (sulfide) groups is 1. The van der Waals surface area contributed by atoms with E-state index in [1.54, 1.807) is 26.3 Å². The van der Waals surface area contributed by atoms with Gasteiger partial charge in [-0.05, 0) is 49.2 Å². The molecule has 0 aromatic heterocycles. The summed E-state index contributed by atoms with van der Waals surface area (Å²) in [6.45, 7) is 3.47. The summed E-state index contributed by atoms with van der Waals surface area (Å²) in [6.07, 6.45) is 3.18. The Morgan fingerprint density at radius 2 is 1.06 bits per heavy atom. The number of hydrogen-bond donors (Lipinski definition) is 2. The number of hydrazone groups is 2. The summed E-state index contributed by atoms with van der Waals surface area (Å²) in [6, 6.07) is 15.6. The molecule has 2 aromatic carbocycles. The highest BCUT2D eigenvalue weighted by atomic mass is 32.2. The number of rotatable bonds is 10. The normalized spacial score (nSPS) is 13.0. The summed E-state index contributed by atoms with van der Waals surface area (Å²) in [7, 11) is 7.89. The standard InChI is InChI=1S/C24H32N6O2S/c1-17(23(31)27-25-15-19-7-11-21(12-8-19)29(3)4)33-18(2)24(32)28-26-16-20-9-13-22(14-10-20)30(5)6/h7-18H,1-6H3,(H,27,31)(H,28,32)/b25-15+,26-16?. The largest absolute Gasteiger partial charge is 0.378 e. The molecule has 9 heteroatoms. The molecule has 2 rings (SSSR count). The SMILES string of the molecule is CC(SC(C)C(=O)N/N=C/c1ccc(N(C)C)cc1)C(=O)NN=Cc1ccc(N(C)C)cc1. The molecule has 0 bridgehead atoms. The zero-order valence-corrected chi connectivity index (χ0v) is 20.8. The van der Waals surface area contributed by atoms with Crippen molar-refractivity contribution in [1.29, 1.82) is 0 Å². The number of anilines is 2. The van der Waals surface area contributed by atoms with Gasteiger partial charge in [0, 0.05) is 39.6 Å². The van der Waals surface area contributed by atoms with Crippen molar-refractivity contribution in [2.24, 2.45) is 10.2 Å². The molecule has 0 fully saturated rings. The lowest BCUT2D eigenvalue weighted by molar-refractivity contribution is -0.120. The average Bonchev–Trinajstić information content (AvgIpc) is 2.79. The molecule has 0 aliphatic heterocycles. The third-order valence-electron chi connectivity index (χ3n) is 4.74. The Labute approximate surface area is 200 Å². The maximum atomic E-state index is 12.3. The Bertz CT molecular complexity index is 892. The highest BCUT2D eigenvalue weighted by Crippen LogP contribution is 2.18. The van der Waals surface area contributed by atoms with E-state index in [0.717, 1.165) is 22.5 Å². The third kappa shape index (κ3) is 8.61. The van der Waals surface area contributed by atoms with Crippen LogP contribution in [0.2, 0.25) is 0 Å². The molecule has 2 aromatic rings. The van der Waals surface area contributed by atoms with Gasteiger partial charge in [0.05, 0.1) is 22.9 Å². The number of nitrogens with one attached hydrogen (secondary N) is 2. The van der Waals surface area contributed by atoms with E-state index in [4.69, 9.17) is 0 Å². The average molecular weight is 469 g/mol. The maximum absolute atomic E-state index is 12.3. The van der Waals surface area contributed by atoms with Crippen LogP contribution < -0.4 is 20.7 Å². The van der Waals surface area contributed by atoms with Crippen molar-refractivity contribution < 1.29 is 9.59 Å². The summed E-state index contributed by atoms with van der Waals surface area (Å²) in [4.78, 5) is 28.6. The minimum absolute atomic E-state index is 0.273. The van der Waals surface area contributed by atoms with E-state index in [0.29, 0.717) is 0 Å². The van der Waals surface area contributed by atoms with Crippen LogP contribution in [0.25, 0.3) is 0 Å². The first-order chi connectivity index (χ1) is 15.7. The van der Waals surface area contributed by atoms with E-state index in [2.05, 4.69) is 21.1 Å². The van der Waals surface area contributed by atoms with Gasteiger partial charge in [0.15, 0.2) is 0 Å². The second-order valence-corrected chi connectivity index (χ2v) is 9.55. The molecule has 2 N–H and O–H groups in total. The highest BCUT2D eigenvalue weighted by Gasteiger charge is 2.21. The monoisotopic (exact) mass is 468 g/mol. The van der Waals surface area contributed by atoms with Crippen LogP contribution in [-0.2, 0) is 9.59 Å². The van der Waals surface area contributed by atoms with E-state index in [9.17, 15) is 9.59 Å².